The van der Waals surface area contributed by atoms with E-state index in [-0.39, 0.29) is 11.8 Å². The van der Waals surface area contributed by atoms with E-state index in [9.17, 15) is 4.79 Å². The fourth-order valence-electron chi connectivity index (χ4n) is 2.45. The van der Waals surface area contributed by atoms with Crippen LogP contribution in [0.1, 0.15) is 25.3 Å². The average Bonchev–Trinajstić information content (AvgIpc) is 2.73. The first-order valence-corrected chi connectivity index (χ1v) is 7.95. The first kappa shape index (κ1) is 14.0. The molecule has 100 valence electrons. The van der Waals surface area contributed by atoms with Crippen molar-refractivity contribution >= 4 is 33.2 Å². The van der Waals surface area contributed by atoms with Gasteiger partial charge in [0.25, 0.3) is 0 Å². The lowest BCUT2D eigenvalue weighted by Crippen LogP contribution is -2.42. The lowest BCUT2D eigenvalue weighted by Gasteiger charge is -2.30. The molecule has 0 aliphatic carbocycles. The Bertz CT molecular complexity index is 421. The van der Waals surface area contributed by atoms with Crippen LogP contribution >= 0.6 is 27.3 Å². The minimum Gasteiger partial charge on any atom is -0.341 e. The van der Waals surface area contributed by atoms with Crippen molar-refractivity contribution in [3.05, 3.63) is 20.8 Å². The normalized spacial score (nSPS) is 23.9. The molecule has 1 N–H and O–H groups in total. The van der Waals surface area contributed by atoms with Crippen LogP contribution in [0, 0.1) is 5.92 Å². The lowest BCUT2D eigenvalue weighted by atomic mass is 9.92. The van der Waals surface area contributed by atoms with Crippen LogP contribution in [-0.4, -0.2) is 30.4 Å². The summed E-state index contributed by atoms with van der Waals surface area (Å²) in [5, 5.41) is 5.48. The van der Waals surface area contributed by atoms with E-state index >= 15 is 0 Å². The summed E-state index contributed by atoms with van der Waals surface area (Å²) in [6.45, 7) is 3.81. The highest BCUT2D eigenvalue weighted by molar-refractivity contribution is 9.11. The molecule has 2 heterocycles. The van der Waals surface area contributed by atoms with Gasteiger partial charge in [-0.05, 0) is 59.2 Å². The van der Waals surface area contributed by atoms with Gasteiger partial charge in [-0.2, -0.15) is 0 Å². The summed E-state index contributed by atoms with van der Waals surface area (Å²) in [7, 11) is 1.90. The molecule has 0 saturated carbocycles. The summed E-state index contributed by atoms with van der Waals surface area (Å²) in [4.78, 5) is 14.2. The Kier molecular flexibility index (Phi) is 4.81. The van der Waals surface area contributed by atoms with E-state index in [2.05, 4.69) is 39.6 Å². The monoisotopic (exact) mass is 330 g/mol. The first-order valence-electron chi connectivity index (χ1n) is 6.27. The topological polar surface area (TPSA) is 32.3 Å². The number of nitrogens with zero attached hydrogens (tertiary/aromatic N) is 1. The van der Waals surface area contributed by atoms with Gasteiger partial charge < -0.3 is 10.2 Å². The predicted octanol–water partition coefficient (Wildman–Crippen LogP) is 2.86. The number of nitrogens with one attached hydrogen (secondary N) is 1. The van der Waals surface area contributed by atoms with Gasteiger partial charge in [0.1, 0.15) is 0 Å². The molecule has 2 rings (SSSR count). The number of piperidine rings is 1. The molecule has 0 bridgehead atoms. The summed E-state index contributed by atoms with van der Waals surface area (Å²) in [5.41, 5.74) is 1.20. The average molecular weight is 331 g/mol. The molecule has 1 amide bonds. The second-order valence-electron chi connectivity index (χ2n) is 5.03. The van der Waals surface area contributed by atoms with Gasteiger partial charge in [-0.3, -0.25) is 4.79 Å². The van der Waals surface area contributed by atoms with Gasteiger partial charge in [-0.15, -0.1) is 11.3 Å². The summed E-state index contributed by atoms with van der Waals surface area (Å²) in [5.74, 6) is 0.471. The Balaban J connectivity index is 1.91. The zero-order valence-corrected chi connectivity index (χ0v) is 13.2. The van der Waals surface area contributed by atoms with Crippen LogP contribution in [0.25, 0.3) is 0 Å². The molecule has 2 unspecified atom stereocenters. The number of hydrogen-bond acceptors (Lipinski definition) is 3. The Morgan fingerprint density at radius 3 is 3.06 bits per heavy atom. The standard InChI is InChI=1S/C13H19BrN2OS/c1-9-5-11(3-4-15-9)13(17)16(2)7-10-6-12(14)18-8-10/h6,8-9,11,15H,3-5,7H2,1-2H3. The van der Waals surface area contributed by atoms with E-state index in [0.29, 0.717) is 12.6 Å². The van der Waals surface area contributed by atoms with Gasteiger partial charge in [-0.25, -0.2) is 0 Å². The number of rotatable bonds is 3. The summed E-state index contributed by atoms with van der Waals surface area (Å²) in [6, 6.07) is 2.54. The summed E-state index contributed by atoms with van der Waals surface area (Å²) in [6.07, 6.45) is 1.91. The predicted molar refractivity (Wildman–Crippen MR) is 78.7 cm³/mol. The van der Waals surface area contributed by atoms with Gasteiger partial charge in [0.05, 0.1) is 3.79 Å². The largest absolute Gasteiger partial charge is 0.341 e. The van der Waals surface area contributed by atoms with Gasteiger partial charge in [0.15, 0.2) is 0 Å². The van der Waals surface area contributed by atoms with Crippen LogP contribution in [0.2, 0.25) is 0 Å². The maximum absolute atomic E-state index is 12.3. The minimum absolute atomic E-state index is 0.188. The van der Waals surface area contributed by atoms with Crippen molar-refractivity contribution in [1.29, 1.82) is 0 Å². The maximum Gasteiger partial charge on any atom is 0.225 e. The number of hydrogen-bond donors (Lipinski definition) is 1. The molecule has 1 aliphatic heterocycles. The minimum atomic E-state index is 0.188. The Labute approximate surface area is 121 Å². The highest BCUT2D eigenvalue weighted by Gasteiger charge is 2.27. The second kappa shape index (κ2) is 6.17. The third-order valence-electron chi connectivity index (χ3n) is 3.39. The van der Waals surface area contributed by atoms with Crippen LogP contribution in [0.4, 0.5) is 0 Å². The van der Waals surface area contributed by atoms with Crippen molar-refractivity contribution < 1.29 is 4.79 Å². The van der Waals surface area contributed by atoms with Crippen molar-refractivity contribution in [2.75, 3.05) is 13.6 Å². The molecule has 5 heteroatoms. The quantitative estimate of drug-likeness (QED) is 0.924. The van der Waals surface area contributed by atoms with Crippen molar-refractivity contribution in [1.82, 2.24) is 10.2 Å². The van der Waals surface area contributed by atoms with Gasteiger partial charge in [0.2, 0.25) is 5.91 Å². The highest BCUT2D eigenvalue weighted by atomic mass is 79.9. The molecule has 18 heavy (non-hydrogen) atoms. The zero-order chi connectivity index (χ0) is 13.1. The molecule has 2 atom stereocenters. The summed E-state index contributed by atoms with van der Waals surface area (Å²) < 4.78 is 1.12. The number of amides is 1. The molecule has 3 nitrogen and oxygen atoms in total. The number of carbonyl (C=O) groups is 1. The molecular formula is C13H19BrN2OS. The SMILES string of the molecule is CC1CC(C(=O)N(C)Cc2csc(Br)c2)CCN1. The van der Waals surface area contributed by atoms with Crippen LogP contribution in [-0.2, 0) is 11.3 Å². The Hall–Kier alpha value is -0.390. The van der Waals surface area contributed by atoms with Crippen molar-refractivity contribution in [3.63, 3.8) is 0 Å². The fraction of sp³-hybridized carbons (Fsp3) is 0.615. The van der Waals surface area contributed by atoms with E-state index in [1.54, 1.807) is 11.3 Å². The molecule has 1 aliphatic rings. The van der Waals surface area contributed by atoms with Crippen molar-refractivity contribution in [3.8, 4) is 0 Å². The van der Waals surface area contributed by atoms with Gasteiger partial charge >= 0.3 is 0 Å². The van der Waals surface area contributed by atoms with E-state index in [1.807, 2.05) is 11.9 Å². The summed E-state index contributed by atoms with van der Waals surface area (Å²) >= 11 is 5.11. The molecule has 0 spiro atoms. The molecule has 0 radical (unpaired) electrons. The van der Waals surface area contributed by atoms with E-state index in [1.165, 1.54) is 5.56 Å². The highest BCUT2D eigenvalue weighted by Crippen LogP contribution is 2.23. The van der Waals surface area contributed by atoms with Crippen molar-refractivity contribution in [2.45, 2.75) is 32.4 Å². The zero-order valence-electron chi connectivity index (χ0n) is 10.8. The Morgan fingerprint density at radius 2 is 2.44 bits per heavy atom. The molecule has 1 saturated heterocycles. The molecule has 0 aromatic carbocycles. The number of carbonyl (C=O) groups excluding carboxylic acids is 1. The number of thiophene rings is 1. The third-order valence-corrected chi connectivity index (χ3v) is 4.94. The van der Waals surface area contributed by atoms with Gasteiger partial charge in [0, 0.05) is 25.6 Å². The van der Waals surface area contributed by atoms with Crippen LogP contribution in [0.3, 0.4) is 0 Å². The van der Waals surface area contributed by atoms with E-state index in [4.69, 9.17) is 0 Å². The molecular weight excluding hydrogens is 312 g/mol. The van der Waals surface area contributed by atoms with Crippen molar-refractivity contribution in [2.24, 2.45) is 5.92 Å². The van der Waals surface area contributed by atoms with Crippen LogP contribution in [0.5, 0.6) is 0 Å². The van der Waals surface area contributed by atoms with Gasteiger partial charge in [-0.1, -0.05) is 0 Å². The van der Waals surface area contributed by atoms with Crippen LogP contribution < -0.4 is 5.32 Å². The fourth-order valence-corrected chi connectivity index (χ4v) is 3.65. The van der Waals surface area contributed by atoms with E-state index < -0.39 is 0 Å². The smallest absolute Gasteiger partial charge is 0.225 e. The third kappa shape index (κ3) is 3.56. The molecule has 1 fully saturated rings. The number of halogens is 1. The van der Waals surface area contributed by atoms with E-state index in [0.717, 1.165) is 23.2 Å². The molecule has 1 aromatic heterocycles. The Morgan fingerprint density at radius 1 is 1.67 bits per heavy atom. The molecule has 1 aromatic rings. The second-order valence-corrected chi connectivity index (χ2v) is 7.32. The maximum atomic E-state index is 12.3. The lowest BCUT2D eigenvalue weighted by molar-refractivity contribution is -0.135. The first-order chi connectivity index (χ1) is 8.56. The van der Waals surface area contributed by atoms with Crippen LogP contribution in [0.15, 0.2) is 15.2 Å².